The number of hydrogen-bond acceptors (Lipinski definition) is 2. The van der Waals surface area contributed by atoms with Crippen molar-refractivity contribution in [2.45, 2.75) is 48.6 Å². The van der Waals surface area contributed by atoms with Gasteiger partial charge in [0.15, 0.2) is 5.78 Å². The minimum absolute atomic E-state index is 0.466. The molecule has 1 N–H and O–H groups in total. The van der Waals surface area contributed by atoms with Crippen molar-refractivity contribution in [3.05, 3.63) is 35.9 Å². The van der Waals surface area contributed by atoms with Gasteiger partial charge in [-0.3, -0.25) is 4.79 Å². The molecule has 14 heteroatoms. The first-order chi connectivity index (χ1) is 12.9. The van der Waals surface area contributed by atoms with Crippen molar-refractivity contribution in [3.63, 3.8) is 0 Å². The van der Waals surface area contributed by atoms with Crippen LogP contribution in [0.5, 0.6) is 0 Å². The molecule has 0 aliphatic rings. The molecule has 0 spiro atoms. The molecular formula is C15H10F12O2. The normalized spacial score (nSPS) is 15.5. The molecule has 0 saturated heterocycles. The second-order valence-corrected chi connectivity index (χ2v) is 5.78. The lowest BCUT2D eigenvalue weighted by Gasteiger charge is -2.40. The maximum Gasteiger partial charge on any atom is 0.384 e. The first-order valence-electron chi connectivity index (χ1n) is 7.29. The van der Waals surface area contributed by atoms with E-state index < -0.39 is 59.9 Å². The third-order valence-corrected chi connectivity index (χ3v) is 3.79. The van der Waals surface area contributed by atoms with Gasteiger partial charge in [0, 0.05) is 12.0 Å². The van der Waals surface area contributed by atoms with E-state index in [4.69, 9.17) is 5.11 Å². The number of carbonyl (C=O) groups is 1. The van der Waals surface area contributed by atoms with Gasteiger partial charge in [-0.15, -0.1) is 0 Å². The number of rotatable bonds is 9. The minimum atomic E-state index is -7.75. The topological polar surface area (TPSA) is 37.3 Å². The molecule has 0 amide bonds. The summed E-state index contributed by atoms with van der Waals surface area (Å²) in [6, 6.07) is 5.53. The van der Waals surface area contributed by atoms with Gasteiger partial charge in [-0.05, 0) is 0 Å². The van der Waals surface area contributed by atoms with Crippen LogP contribution in [0.3, 0.4) is 0 Å². The highest BCUT2D eigenvalue weighted by Gasteiger charge is 2.88. The van der Waals surface area contributed by atoms with E-state index in [0.717, 1.165) is 24.3 Å². The lowest BCUT2D eigenvalue weighted by atomic mass is 9.90. The van der Waals surface area contributed by atoms with Crippen molar-refractivity contribution in [1.82, 2.24) is 0 Å². The lowest BCUT2D eigenvalue weighted by Crippen LogP contribution is -2.70. The van der Waals surface area contributed by atoms with E-state index in [1.54, 1.807) is 0 Å². The predicted molar refractivity (Wildman–Crippen MR) is 72.1 cm³/mol. The van der Waals surface area contributed by atoms with Crippen molar-refractivity contribution >= 4 is 5.78 Å². The summed E-state index contributed by atoms with van der Waals surface area (Å²) in [7, 11) is 0. The summed E-state index contributed by atoms with van der Waals surface area (Å²) in [6.45, 7) is 0. The molecule has 166 valence electrons. The quantitative estimate of drug-likeness (QED) is 0.422. The number of carbonyl (C=O) groups excluding carboxylic acids is 1. The summed E-state index contributed by atoms with van der Waals surface area (Å²) in [5.41, 5.74) is -0.466. The summed E-state index contributed by atoms with van der Waals surface area (Å²) in [5, 5.41) is 9.12. The molecule has 0 bridgehead atoms. The van der Waals surface area contributed by atoms with Crippen molar-refractivity contribution in [2.24, 2.45) is 0 Å². The zero-order chi connectivity index (χ0) is 23.1. The molecular weight excluding hydrogens is 440 g/mol. The number of hydrogen-bond donors (Lipinski definition) is 1. The van der Waals surface area contributed by atoms with Gasteiger partial charge >= 0.3 is 36.0 Å². The Hall–Kier alpha value is -1.99. The van der Waals surface area contributed by atoms with Gasteiger partial charge in [0.1, 0.15) is 6.10 Å². The third kappa shape index (κ3) is 3.90. The van der Waals surface area contributed by atoms with Crippen LogP contribution in [0, 0.1) is 0 Å². The van der Waals surface area contributed by atoms with Crippen LogP contribution in [-0.4, -0.2) is 53.0 Å². The summed E-state index contributed by atoms with van der Waals surface area (Å²) in [5.74, 6) is -38.1. The van der Waals surface area contributed by atoms with Gasteiger partial charge in [-0.2, -0.15) is 43.9 Å². The molecule has 0 saturated carbocycles. The van der Waals surface area contributed by atoms with Crippen LogP contribution in [0.4, 0.5) is 52.7 Å². The molecule has 1 aromatic carbocycles. The monoisotopic (exact) mass is 450 g/mol. The number of aliphatic hydroxyl groups excluding tert-OH is 1. The Balaban J connectivity index is 3.27. The third-order valence-electron chi connectivity index (χ3n) is 3.79. The molecule has 0 aliphatic carbocycles. The van der Waals surface area contributed by atoms with Crippen LogP contribution in [0.2, 0.25) is 0 Å². The smallest absolute Gasteiger partial charge is 0.384 e. The van der Waals surface area contributed by atoms with E-state index in [1.165, 1.54) is 6.07 Å². The Morgan fingerprint density at radius 2 is 1.17 bits per heavy atom. The van der Waals surface area contributed by atoms with Crippen molar-refractivity contribution in [1.29, 1.82) is 0 Å². The molecule has 0 fully saturated rings. The van der Waals surface area contributed by atoms with Crippen LogP contribution >= 0.6 is 0 Å². The summed E-state index contributed by atoms with van der Waals surface area (Å²) in [4.78, 5) is 11.6. The van der Waals surface area contributed by atoms with Crippen molar-refractivity contribution < 1.29 is 62.6 Å². The van der Waals surface area contributed by atoms with Gasteiger partial charge in [-0.1, -0.05) is 30.3 Å². The maximum absolute atomic E-state index is 13.7. The molecule has 1 rings (SSSR count). The van der Waals surface area contributed by atoms with Gasteiger partial charge in [0.05, 0.1) is 0 Å². The molecule has 29 heavy (non-hydrogen) atoms. The molecule has 0 heterocycles. The molecule has 0 aromatic heterocycles. The summed E-state index contributed by atoms with van der Waals surface area (Å²) >= 11 is 0. The van der Waals surface area contributed by atoms with Crippen LogP contribution in [0.1, 0.15) is 16.8 Å². The van der Waals surface area contributed by atoms with E-state index in [-0.39, 0.29) is 0 Å². The summed E-state index contributed by atoms with van der Waals surface area (Å²) in [6.07, 6.45) is -11.7. The number of ketones is 1. The molecule has 1 atom stereocenters. The molecule has 0 aliphatic heterocycles. The van der Waals surface area contributed by atoms with E-state index in [1.807, 2.05) is 0 Å². The Morgan fingerprint density at radius 3 is 1.59 bits per heavy atom. The van der Waals surface area contributed by atoms with Crippen LogP contribution in [0.15, 0.2) is 30.3 Å². The number of alkyl halides is 12. The van der Waals surface area contributed by atoms with Crippen molar-refractivity contribution in [2.75, 3.05) is 0 Å². The second kappa shape index (κ2) is 7.69. The van der Waals surface area contributed by atoms with Crippen LogP contribution in [-0.2, 0) is 0 Å². The van der Waals surface area contributed by atoms with E-state index in [0.29, 0.717) is 0 Å². The Kier molecular flexibility index (Phi) is 6.64. The fraction of sp³-hybridized carbons (Fsp3) is 0.533. The molecule has 1 unspecified atom stereocenters. The van der Waals surface area contributed by atoms with Gasteiger partial charge in [0.2, 0.25) is 0 Å². The fourth-order valence-electron chi connectivity index (χ4n) is 2.01. The van der Waals surface area contributed by atoms with Gasteiger partial charge in [-0.25, -0.2) is 8.78 Å². The minimum Gasteiger partial charge on any atom is -0.386 e. The second-order valence-electron chi connectivity index (χ2n) is 5.78. The van der Waals surface area contributed by atoms with Gasteiger partial charge in [0.25, 0.3) is 0 Å². The first-order valence-corrected chi connectivity index (χ1v) is 7.29. The standard InChI is InChI=1S/C15H10F12O2/c16-10(17)12(20,21)14(24,25)15(26,27)13(22,23)11(18,19)9(29)6-8(28)7-4-2-1-3-5-7/h1-5,9-10,29H,6H2. The molecule has 0 radical (unpaired) electrons. The summed E-state index contributed by atoms with van der Waals surface area (Å²) < 4.78 is 157. The number of benzene rings is 1. The largest absolute Gasteiger partial charge is 0.386 e. The van der Waals surface area contributed by atoms with Crippen LogP contribution in [0.25, 0.3) is 0 Å². The average molecular weight is 450 g/mol. The zero-order valence-corrected chi connectivity index (χ0v) is 13.6. The highest BCUT2D eigenvalue weighted by molar-refractivity contribution is 5.96. The van der Waals surface area contributed by atoms with E-state index >= 15 is 0 Å². The lowest BCUT2D eigenvalue weighted by molar-refractivity contribution is -0.419. The highest BCUT2D eigenvalue weighted by atomic mass is 19.4. The first kappa shape index (κ1) is 25.0. The zero-order valence-electron chi connectivity index (χ0n) is 13.6. The molecule has 1 aromatic rings. The number of aliphatic hydroxyl groups is 1. The number of halogens is 12. The predicted octanol–water partition coefficient (Wildman–Crippen LogP) is 5.06. The van der Waals surface area contributed by atoms with Gasteiger partial charge < -0.3 is 5.11 Å². The Bertz CT molecular complexity index is 717. The van der Waals surface area contributed by atoms with Crippen LogP contribution < -0.4 is 0 Å². The Labute approximate surface area is 154 Å². The van der Waals surface area contributed by atoms with E-state index in [9.17, 15) is 57.5 Å². The highest BCUT2D eigenvalue weighted by Crippen LogP contribution is 2.58. The van der Waals surface area contributed by atoms with E-state index in [2.05, 4.69) is 0 Å². The number of Topliss-reactive ketones (excluding diaryl/α,β-unsaturated/α-hetero) is 1. The average Bonchev–Trinajstić information content (AvgIpc) is 2.61. The molecule has 2 nitrogen and oxygen atoms in total. The van der Waals surface area contributed by atoms with Crippen molar-refractivity contribution in [3.8, 4) is 0 Å². The Morgan fingerprint density at radius 1 is 0.759 bits per heavy atom. The SMILES string of the molecule is O=C(CC(O)C(F)(F)C(F)(F)C(F)(F)C(F)(F)C(F)(F)C(F)F)c1ccccc1. The fourth-order valence-corrected chi connectivity index (χ4v) is 2.01. The maximum atomic E-state index is 13.7.